The molecule has 2 aromatic carbocycles. The van der Waals surface area contributed by atoms with Crippen molar-refractivity contribution in [1.82, 2.24) is 34.3 Å². The number of pyridine rings is 1. The van der Waals surface area contributed by atoms with Crippen LogP contribution in [0.2, 0.25) is 0 Å². The fraction of sp³-hybridized carbons (Fsp3) is 0.182. The summed E-state index contributed by atoms with van der Waals surface area (Å²) in [7, 11) is 0. The summed E-state index contributed by atoms with van der Waals surface area (Å²) in [5.74, 6) is 6.60. The Balaban J connectivity index is 1.33. The highest BCUT2D eigenvalue weighted by Gasteiger charge is 2.32. The maximum absolute atomic E-state index is 14.4. The molecule has 0 bridgehead atoms. The van der Waals surface area contributed by atoms with Crippen LogP contribution in [0.4, 0.5) is 5.82 Å². The van der Waals surface area contributed by atoms with Gasteiger partial charge in [-0.3, -0.25) is 14.2 Å². The van der Waals surface area contributed by atoms with Crippen LogP contribution in [0.15, 0.2) is 84.0 Å². The zero-order valence-corrected chi connectivity index (χ0v) is 24.3. The van der Waals surface area contributed by atoms with Crippen molar-refractivity contribution in [3.63, 3.8) is 0 Å². The van der Waals surface area contributed by atoms with Crippen LogP contribution < -0.4 is 21.3 Å². The van der Waals surface area contributed by atoms with Crippen LogP contribution in [0.5, 0.6) is 5.88 Å². The van der Waals surface area contributed by atoms with Gasteiger partial charge in [0.25, 0.3) is 11.5 Å². The van der Waals surface area contributed by atoms with Gasteiger partial charge in [0, 0.05) is 29.3 Å². The van der Waals surface area contributed by atoms with Crippen molar-refractivity contribution < 1.29 is 9.53 Å². The van der Waals surface area contributed by atoms with Gasteiger partial charge in [0.05, 0.1) is 24.2 Å². The number of benzene rings is 2. The summed E-state index contributed by atoms with van der Waals surface area (Å²) in [5.41, 5.74) is 8.45. The van der Waals surface area contributed by atoms with Crippen LogP contribution in [-0.2, 0) is 6.54 Å². The summed E-state index contributed by atoms with van der Waals surface area (Å²) in [5, 5.41) is 12.8. The first-order chi connectivity index (χ1) is 21.2. The van der Waals surface area contributed by atoms with Gasteiger partial charge in [-0.2, -0.15) is 5.10 Å². The number of nitrogens with two attached hydrogens (primary N) is 1. The molecule has 3 N–H and O–H groups in total. The number of fused-ring (bicyclic) bond motifs is 3. The number of hydrogen-bond donors (Lipinski definition) is 2. The number of nitrogens with one attached hydrogen (secondary N) is 1. The predicted molar refractivity (Wildman–Crippen MR) is 166 cm³/mol. The first-order valence-corrected chi connectivity index (χ1v) is 14.1. The number of aromatic nitrogens is 6. The average Bonchev–Trinajstić information content (AvgIpc) is 3.64. The van der Waals surface area contributed by atoms with E-state index < -0.39 is 11.9 Å². The van der Waals surface area contributed by atoms with E-state index in [-0.39, 0.29) is 22.5 Å². The summed E-state index contributed by atoms with van der Waals surface area (Å²) in [6, 6.07) is 17.9. The summed E-state index contributed by atoms with van der Waals surface area (Å²) < 4.78 is 10.9. The van der Waals surface area contributed by atoms with Crippen molar-refractivity contribution in [3.8, 4) is 23.4 Å². The van der Waals surface area contributed by atoms with Gasteiger partial charge in [-0.25, -0.2) is 14.2 Å². The van der Waals surface area contributed by atoms with Crippen molar-refractivity contribution in [2.45, 2.75) is 39.0 Å². The Morgan fingerprint density at radius 2 is 1.89 bits per heavy atom. The lowest BCUT2D eigenvalue weighted by atomic mass is 10.0. The number of nitrogens with zero attached hydrogens (tertiary/aromatic N) is 6. The van der Waals surface area contributed by atoms with E-state index in [9.17, 15) is 9.59 Å². The molecule has 1 amide bonds. The van der Waals surface area contributed by atoms with Crippen LogP contribution in [0.1, 0.15) is 54.0 Å². The molecular weight excluding hydrogens is 556 g/mol. The van der Waals surface area contributed by atoms with E-state index in [4.69, 9.17) is 10.5 Å². The number of ether oxygens (including phenoxy) is 1. The molecule has 0 radical (unpaired) electrons. The minimum Gasteiger partial charge on any atom is -0.469 e. The number of amides is 1. The van der Waals surface area contributed by atoms with Crippen LogP contribution in [0.25, 0.3) is 22.1 Å². The second-order valence-electron chi connectivity index (χ2n) is 11.3. The van der Waals surface area contributed by atoms with Gasteiger partial charge in [0.2, 0.25) is 5.88 Å². The highest BCUT2D eigenvalue weighted by atomic mass is 16.5. The monoisotopic (exact) mass is 584 g/mol. The van der Waals surface area contributed by atoms with E-state index in [0.29, 0.717) is 51.4 Å². The number of carbonyl (C=O) groups is 1. The van der Waals surface area contributed by atoms with Crippen molar-refractivity contribution in [2.24, 2.45) is 0 Å². The third kappa shape index (κ3) is 4.53. The number of carbonyl (C=O) groups excluding carboxylic acids is 1. The molecule has 6 aromatic rings. The molecule has 218 valence electrons. The molecule has 11 nitrogen and oxygen atoms in total. The summed E-state index contributed by atoms with van der Waals surface area (Å²) in [4.78, 5) is 32.1. The molecule has 7 rings (SSSR count). The van der Waals surface area contributed by atoms with E-state index in [2.05, 4.69) is 32.3 Å². The lowest BCUT2D eigenvalue weighted by Gasteiger charge is -2.21. The summed E-state index contributed by atoms with van der Waals surface area (Å²) in [6.45, 7) is 6.46. The van der Waals surface area contributed by atoms with Crippen LogP contribution in [-0.4, -0.2) is 40.5 Å². The maximum atomic E-state index is 14.4. The van der Waals surface area contributed by atoms with E-state index in [1.165, 1.54) is 4.52 Å². The minimum absolute atomic E-state index is 0.0635. The molecule has 1 atom stereocenters. The summed E-state index contributed by atoms with van der Waals surface area (Å²) >= 11 is 0. The zero-order chi connectivity index (χ0) is 30.6. The molecule has 5 heterocycles. The van der Waals surface area contributed by atoms with Gasteiger partial charge in [-0.15, -0.1) is 5.10 Å². The van der Waals surface area contributed by atoms with Gasteiger partial charge in [0.15, 0.2) is 11.5 Å². The van der Waals surface area contributed by atoms with Crippen LogP contribution in [0.3, 0.4) is 0 Å². The summed E-state index contributed by atoms with van der Waals surface area (Å²) in [6.07, 6.45) is 4.92. The molecular formula is C33H28N8O3. The average molecular weight is 585 g/mol. The number of anilines is 1. The lowest BCUT2D eigenvalue weighted by molar-refractivity contribution is 0.0941. The molecule has 0 aliphatic carbocycles. The molecule has 4 aromatic heterocycles. The Morgan fingerprint density at radius 1 is 1.09 bits per heavy atom. The predicted octanol–water partition coefficient (Wildman–Crippen LogP) is 3.87. The van der Waals surface area contributed by atoms with E-state index >= 15 is 0 Å². The number of rotatable bonds is 4. The molecule has 0 unspecified atom stereocenters. The molecule has 1 aliphatic heterocycles. The van der Waals surface area contributed by atoms with Crippen molar-refractivity contribution in [1.29, 1.82) is 0 Å². The molecule has 1 aliphatic rings. The first kappa shape index (κ1) is 27.0. The standard InChI is InChI=1S/C33H28N8O3/c1-20(37-30(42)27-28(34)38-39-16-8-15-35-29(27)39)25-17-22-10-7-9-21(26(22)31(43)41(25)24-11-5-4-6-12-24)13-14-23-18-36-40-19-33(2,3)44-32(23)40/h4-12,15-18,20H,19H2,1-3H3,(H2,34,38)(H,37,42)/t20-/m0/s1. The van der Waals surface area contributed by atoms with Gasteiger partial charge >= 0.3 is 0 Å². The van der Waals surface area contributed by atoms with Gasteiger partial charge in [0.1, 0.15) is 16.7 Å². The first-order valence-electron chi connectivity index (χ1n) is 14.1. The Hall–Kier alpha value is -5.89. The molecule has 11 heteroatoms. The van der Waals surface area contributed by atoms with Crippen LogP contribution in [0, 0.1) is 11.8 Å². The largest absolute Gasteiger partial charge is 0.469 e. The third-order valence-corrected chi connectivity index (χ3v) is 7.56. The number of hydrogen-bond acceptors (Lipinski definition) is 7. The molecule has 0 saturated heterocycles. The Kier molecular flexibility index (Phi) is 6.21. The third-order valence-electron chi connectivity index (χ3n) is 7.56. The Bertz CT molecular complexity index is 2220. The second-order valence-corrected chi connectivity index (χ2v) is 11.3. The van der Waals surface area contributed by atoms with E-state index in [1.807, 2.05) is 75.4 Å². The molecule has 0 fully saturated rings. The van der Waals surface area contributed by atoms with Gasteiger partial charge in [-0.1, -0.05) is 42.2 Å². The van der Waals surface area contributed by atoms with Crippen molar-refractivity contribution >= 4 is 28.1 Å². The van der Waals surface area contributed by atoms with Gasteiger partial charge in [-0.05, 0) is 56.5 Å². The molecule has 0 saturated carbocycles. The molecule has 44 heavy (non-hydrogen) atoms. The highest BCUT2D eigenvalue weighted by Crippen LogP contribution is 2.31. The Labute approximate surface area is 251 Å². The fourth-order valence-corrected chi connectivity index (χ4v) is 5.58. The SMILES string of the molecule is C[C@H](NC(=O)c1c(N)nn2cccnc12)c1cc2cccc(C#Cc3cnn4c3OC(C)(C)C4)c2c(=O)n1-c1ccccc1. The second kappa shape index (κ2) is 10.1. The smallest absolute Gasteiger partial charge is 0.264 e. The minimum atomic E-state index is -0.594. The highest BCUT2D eigenvalue weighted by molar-refractivity contribution is 6.04. The Morgan fingerprint density at radius 3 is 2.70 bits per heavy atom. The maximum Gasteiger partial charge on any atom is 0.264 e. The fourth-order valence-electron chi connectivity index (χ4n) is 5.58. The lowest BCUT2D eigenvalue weighted by Crippen LogP contribution is -2.32. The number of nitrogen functional groups attached to an aromatic ring is 1. The number of para-hydroxylation sites is 1. The molecule has 0 spiro atoms. The van der Waals surface area contributed by atoms with Crippen LogP contribution >= 0.6 is 0 Å². The van der Waals surface area contributed by atoms with Crippen molar-refractivity contribution in [3.05, 3.63) is 112 Å². The normalized spacial score (nSPS) is 14.1. The zero-order valence-electron chi connectivity index (χ0n) is 24.3. The quantitative estimate of drug-likeness (QED) is 0.301. The van der Waals surface area contributed by atoms with E-state index in [0.717, 1.165) is 0 Å². The van der Waals surface area contributed by atoms with Crippen molar-refractivity contribution in [2.75, 3.05) is 5.73 Å². The van der Waals surface area contributed by atoms with E-state index in [1.54, 1.807) is 33.9 Å². The topological polar surface area (TPSA) is 134 Å². The van der Waals surface area contributed by atoms with Gasteiger partial charge < -0.3 is 15.8 Å².